The minimum atomic E-state index is 0. The van der Waals surface area contributed by atoms with E-state index < -0.39 is 0 Å². The zero-order valence-electron chi connectivity index (χ0n) is 10.8. The summed E-state index contributed by atoms with van der Waals surface area (Å²) in [5.74, 6) is 1.60. The van der Waals surface area contributed by atoms with Crippen LogP contribution in [-0.4, -0.2) is 24.5 Å². The molecular weight excluding hydrogens is 244 g/mol. The highest BCUT2D eigenvalue weighted by Gasteiger charge is 2.23. The first-order valence-corrected chi connectivity index (χ1v) is 6.86. The Morgan fingerprint density at radius 1 is 1.11 bits per heavy atom. The summed E-state index contributed by atoms with van der Waals surface area (Å²) >= 11 is 0. The van der Waals surface area contributed by atoms with Crippen molar-refractivity contribution in [2.75, 3.05) is 19.6 Å². The minimum absolute atomic E-state index is 0. The molecule has 1 atom stereocenters. The van der Waals surface area contributed by atoms with Gasteiger partial charge in [0, 0.05) is 13.1 Å². The molecule has 18 heavy (non-hydrogen) atoms. The van der Waals surface area contributed by atoms with Gasteiger partial charge in [-0.1, -0.05) is 24.3 Å². The molecule has 2 N–H and O–H groups in total. The van der Waals surface area contributed by atoms with E-state index in [2.05, 4.69) is 29.2 Å². The van der Waals surface area contributed by atoms with Gasteiger partial charge in [-0.3, -0.25) is 4.90 Å². The van der Waals surface area contributed by atoms with Crippen molar-refractivity contribution in [2.24, 2.45) is 11.7 Å². The normalized spacial score (nSPS) is 23.9. The number of hydrogen-bond acceptors (Lipinski definition) is 2. The Morgan fingerprint density at radius 3 is 2.39 bits per heavy atom. The Balaban J connectivity index is 0.00000120. The smallest absolute Gasteiger partial charge is 0.0233 e. The first kappa shape index (κ1) is 13.9. The molecule has 1 aliphatic carbocycles. The molecule has 2 nitrogen and oxygen atoms in total. The monoisotopic (exact) mass is 266 g/mol. The van der Waals surface area contributed by atoms with Crippen molar-refractivity contribution in [3.05, 3.63) is 35.4 Å². The second-order valence-electron chi connectivity index (χ2n) is 5.64. The molecule has 0 aromatic heterocycles. The molecule has 0 amide bonds. The predicted molar refractivity (Wildman–Crippen MR) is 78.1 cm³/mol. The van der Waals surface area contributed by atoms with E-state index in [4.69, 9.17) is 5.73 Å². The van der Waals surface area contributed by atoms with Gasteiger partial charge in [-0.15, -0.1) is 12.4 Å². The summed E-state index contributed by atoms with van der Waals surface area (Å²) in [6.07, 6.45) is 4.06. The van der Waals surface area contributed by atoms with Crippen LogP contribution in [0.2, 0.25) is 0 Å². The average molecular weight is 267 g/mol. The highest BCUT2D eigenvalue weighted by molar-refractivity contribution is 5.85. The van der Waals surface area contributed by atoms with Crippen LogP contribution in [0.4, 0.5) is 0 Å². The molecule has 0 radical (unpaired) electrons. The maximum Gasteiger partial charge on any atom is 0.0233 e. The fourth-order valence-electron chi connectivity index (χ4n) is 2.82. The van der Waals surface area contributed by atoms with Gasteiger partial charge in [-0.25, -0.2) is 0 Å². The molecule has 2 fully saturated rings. The molecule has 1 saturated carbocycles. The molecule has 1 aromatic rings. The lowest BCUT2D eigenvalue weighted by Gasteiger charge is -2.15. The topological polar surface area (TPSA) is 29.3 Å². The Bertz CT molecular complexity index is 373. The van der Waals surface area contributed by atoms with Gasteiger partial charge in [0.1, 0.15) is 0 Å². The Labute approximate surface area is 116 Å². The summed E-state index contributed by atoms with van der Waals surface area (Å²) in [7, 11) is 0. The molecule has 1 aliphatic heterocycles. The lowest BCUT2D eigenvalue weighted by molar-refractivity contribution is 0.318. The summed E-state index contributed by atoms with van der Waals surface area (Å²) in [6, 6.07) is 9.26. The lowest BCUT2D eigenvalue weighted by Crippen LogP contribution is -2.22. The third-order valence-electron chi connectivity index (χ3n) is 4.14. The van der Waals surface area contributed by atoms with Gasteiger partial charge >= 0.3 is 0 Å². The van der Waals surface area contributed by atoms with Crippen molar-refractivity contribution in [2.45, 2.75) is 31.7 Å². The second-order valence-corrected chi connectivity index (χ2v) is 5.64. The van der Waals surface area contributed by atoms with Crippen molar-refractivity contribution < 1.29 is 0 Å². The minimum Gasteiger partial charge on any atom is -0.330 e. The van der Waals surface area contributed by atoms with Gasteiger partial charge in [-0.05, 0) is 55.3 Å². The fraction of sp³-hybridized carbons (Fsp3) is 0.600. The maximum absolute atomic E-state index is 5.72. The third kappa shape index (κ3) is 3.25. The summed E-state index contributed by atoms with van der Waals surface area (Å²) in [5.41, 5.74) is 8.71. The Kier molecular flexibility index (Phi) is 4.66. The number of likely N-dealkylation sites (tertiary alicyclic amines) is 1. The van der Waals surface area contributed by atoms with Gasteiger partial charge < -0.3 is 5.73 Å². The van der Waals surface area contributed by atoms with Crippen molar-refractivity contribution in [1.82, 2.24) is 4.90 Å². The van der Waals surface area contributed by atoms with Crippen molar-refractivity contribution in [3.63, 3.8) is 0 Å². The molecule has 3 heteroatoms. The highest BCUT2D eigenvalue weighted by Crippen LogP contribution is 2.39. The van der Waals surface area contributed by atoms with Crippen LogP contribution in [0.25, 0.3) is 0 Å². The zero-order chi connectivity index (χ0) is 11.7. The molecule has 3 rings (SSSR count). The van der Waals surface area contributed by atoms with Crippen molar-refractivity contribution in [1.29, 1.82) is 0 Å². The zero-order valence-corrected chi connectivity index (χ0v) is 11.7. The molecule has 0 bridgehead atoms. The summed E-state index contributed by atoms with van der Waals surface area (Å²) < 4.78 is 0. The van der Waals surface area contributed by atoms with Crippen molar-refractivity contribution >= 4 is 12.4 Å². The molecule has 1 aromatic carbocycles. The third-order valence-corrected chi connectivity index (χ3v) is 4.14. The lowest BCUT2D eigenvalue weighted by atomic mass is 10.1. The van der Waals surface area contributed by atoms with Crippen LogP contribution in [0.5, 0.6) is 0 Å². The van der Waals surface area contributed by atoms with E-state index in [-0.39, 0.29) is 12.4 Å². The van der Waals surface area contributed by atoms with E-state index in [9.17, 15) is 0 Å². The standard InChI is InChI=1S/C15H22N2.ClH/c16-9-13-7-8-17(11-13)10-12-1-3-14(4-2-12)15-5-6-15;/h1-4,13,15H,5-11,16H2;1H. The van der Waals surface area contributed by atoms with E-state index in [0.717, 1.165) is 24.9 Å². The van der Waals surface area contributed by atoms with Crippen LogP contribution in [0.3, 0.4) is 0 Å². The van der Waals surface area contributed by atoms with E-state index in [1.165, 1.54) is 43.5 Å². The molecular formula is C15H23ClN2. The SMILES string of the molecule is Cl.NCC1CCN(Cc2ccc(C3CC3)cc2)C1. The average Bonchev–Trinajstić information content (AvgIpc) is 3.11. The summed E-state index contributed by atoms with van der Waals surface area (Å²) in [6.45, 7) is 4.34. The quantitative estimate of drug-likeness (QED) is 0.908. The maximum atomic E-state index is 5.72. The van der Waals surface area contributed by atoms with Crippen LogP contribution >= 0.6 is 12.4 Å². The Morgan fingerprint density at radius 2 is 1.83 bits per heavy atom. The van der Waals surface area contributed by atoms with Crippen LogP contribution in [0, 0.1) is 5.92 Å². The highest BCUT2D eigenvalue weighted by atomic mass is 35.5. The molecule has 2 aliphatic rings. The second kappa shape index (κ2) is 6.05. The van der Waals surface area contributed by atoms with E-state index in [0.29, 0.717) is 0 Å². The first-order valence-electron chi connectivity index (χ1n) is 6.86. The fourth-order valence-corrected chi connectivity index (χ4v) is 2.82. The number of rotatable bonds is 4. The van der Waals surface area contributed by atoms with Crippen LogP contribution in [0.15, 0.2) is 24.3 Å². The number of nitrogens with two attached hydrogens (primary N) is 1. The van der Waals surface area contributed by atoms with E-state index >= 15 is 0 Å². The van der Waals surface area contributed by atoms with Gasteiger partial charge in [0.15, 0.2) is 0 Å². The number of benzene rings is 1. The molecule has 1 saturated heterocycles. The summed E-state index contributed by atoms with van der Waals surface area (Å²) in [5, 5.41) is 0. The van der Waals surface area contributed by atoms with Gasteiger partial charge in [0.05, 0.1) is 0 Å². The van der Waals surface area contributed by atoms with E-state index in [1.54, 1.807) is 0 Å². The predicted octanol–water partition coefficient (Wildman–Crippen LogP) is 2.77. The molecule has 1 heterocycles. The number of halogens is 1. The van der Waals surface area contributed by atoms with Gasteiger partial charge in [-0.2, -0.15) is 0 Å². The molecule has 0 spiro atoms. The summed E-state index contributed by atoms with van der Waals surface area (Å²) in [4.78, 5) is 2.53. The van der Waals surface area contributed by atoms with Crippen LogP contribution in [-0.2, 0) is 6.54 Å². The largest absolute Gasteiger partial charge is 0.330 e. The van der Waals surface area contributed by atoms with E-state index in [1.807, 2.05) is 0 Å². The van der Waals surface area contributed by atoms with Crippen molar-refractivity contribution in [3.8, 4) is 0 Å². The molecule has 1 unspecified atom stereocenters. The number of hydrogen-bond donors (Lipinski definition) is 1. The van der Waals surface area contributed by atoms with Gasteiger partial charge in [0.25, 0.3) is 0 Å². The number of nitrogens with zero attached hydrogens (tertiary/aromatic N) is 1. The first-order chi connectivity index (χ1) is 8.35. The Hall–Kier alpha value is -0.570. The molecule has 100 valence electrons. The van der Waals surface area contributed by atoms with Crippen LogP contribution in [0.1, 0.15) is 36.3 Å². The van der Waals surface area contributed by atoms with Crippen LogP contribution < -0.4 is 5.73 Å². The van der Waals surface area contributed by atoms with Gasteiger partial charge in [0.2, 0.25) is 0 Å².